The van der Waals surface area contributed by atoms with Gasteiger partial charge in [-0.15, -0.1) is 34.9 Å². The van der Waals surface area contributed by atoms with Gasteiger partial charge in [-0.05, 0) is 58.6 Å². The maximum atomic E-state index is 14.2. The fourth-order valence-corrected chi connectivity index (χ4v) is 4.76. The molecule has 1 radical (unpaired) electrons. The Morgan fingerprint density at radius 3 is 2.00 bits per heavy atom. The molecule has 5 rings (SSSR count). The van der Waals surface area contributed by atoms with E-state index in [9.17, 15) is 36.2 Å². The second kappa shape index (κ2) is 13.5. The van der Waals surface area contributed by atoms with Crippen LogP contribution in [0.25, 0.3) is 43.7 Å². The zero-order valence-electron chi connectivity index (χ0n) is 25.8. The van der Waals surface area contributed by atoms with Crippen LogP contribution in [0.4, 0.5) is 26.3 Å². The topological polar surface area (TPSA) is 63.1 Å². The fraction of sp³-hybridized carbons (Fsp3) is 0.286. The second-order valence-corrected chi connectivity index (χ2v) is 11.8. The number of hydrogen-bond donors (Lipinski definition) is 1. The van der Waals surface area contributed by atoms with E-state index >= 15 is 0 Å². The van der Waals surface area contributed by atoms with E-state index in [1.807, 2.05) is 50.2 Å². The molecule has 0 saturated heterocycles. The van der Waals surface area contributed by atoms with Crippen molar-refractivity contribution < 1.29 is 56.3 Å². The summed E-state index contributed by atoms with van der Waals surface area (Å²) in [6.45, 7) is 8.59. The van der Waals surface area contributed by atoms with E-state index in [4.69, 9.17) is 0 Å². The molecule has 0 spiro atoms. The van der Waals surface area contributed by atoms with Crippen LogP contribution in [0.5, 0.6) is 0 Å². The summed E-state index contributed by atoms with van der Waals surface area (Å²) >= 11 is 0. The zero-order valence-corrected chi connectivity index (χ0v) is 28.2. The molecule has 1 heterocycles. The first-order valence-electron chi connectivity index (χ1n) is 14.0. The number of hydrogen-bond acceptors (Lipinski definition) is 4. The molecule has 0 aliphatic carbocycles. The van der Waals surface area contributed by atoms with Crippen molar-refractivity contribution in [1.29, 1.82) is 0 Å². The summed E-state index contributed by atoms with van der Waals surface area (Å²) in [6.07, 6.45) is -7.29. The van der Waals surface area contributed by atoms with Crippen LogP contribution < -0.4 is 0 Å². The van der Waals surface area contributed by atoms with E-state index < -0.39 is 40.8 Å². The molecule has 0 unspecified atom stereocenters. The van der Waals surface area contributed by atoms with Crippen molar-refractivity contribution in [2.75, 3.05) is 0 Å². The Labute approximate surface area is 275 Å². The van der Waals surface area contributed by atoms with Crippen molar-refractivity contribution in [2.45, 2.75) is 53.9 Å². The van der Waals surface area contributed by atoms with Gasteiger partial charge in [0.05, 0.1) is 11.1 Å². The smallest absolute Gasteiger partial charge is 0.419 e. The molecule has 0 fully saturated rings. The number of alkyl halides is 6. The molecule has 46 heavy (non-hydrogen) atoms. The molecule has 5 aromatic rings. The Kier molecular flexibility index (Phi) is 10.8. The van der Waals surface area contributed by atoms with Gasteiger partial charge in [0, 0.05) is 32.1 Å². The zero-order chi connectivity index (χ0) is 33.5. The number of allylic oxidation sites excluding steroid dienone is 2. The van der Waals surface area contributed by atoms with Gasteiger partial charge in [0.1, 0.15) is 17.5 Å². The molecule has 0 atom stereocenters. The van der Waals surface area contributed by atoms with E-state index in [0.717, 1.165) is 35.7 Å². The molecule has 245 valence electrons. The van der Waals surface area contributed by atoms with Gasteiger partial charge in [-0.1, -0.05) is 58.0 Å². The van der Waals surface area contributed by atoms with E-state index in [-0.39, 0.29) is 31.0 Å². The van der Waals surface area contributed by atoms with Gasteiger partial charge >= 0.3 is 12.4 Å². The first-order chi connectivity index (χ1) is 20.8. The summed E-state index contributed by atoms with van der Waals surface area (Å²) in [5.41, 5.74) is -0.204. The minimum absolute atomic E-state index is 0. The fourth-order valence-electron chi connectivity index (χ4n) is 4.76. The van der Waals surface area contributed by atoms with Crippen molar-refractivity contribution in [3.05, 3.63) is 95.5 Å². The predicted octanol–water partition coefficient (Wildman–Crippen LogP) is 10.3. The molecule has 0 amide bonds. The number of rotatable bonds is 4. The number of carbonyl (C=O) groups is 1. The summed E-state index contributed by atoms with van der Waals surface area (Å²) in [7, 11) is 0. The average molecular weight is 818 g/mol. The molecular formula is C35H31F6IrN2O2-. The maximum absolute atomic E-state index is 14.2. The third-order valence-corrected chi connectivity index (χ3v) is 7.49. The van der Waals surface area contributed by atoms with E-state index in [0.29, 0.717) is 28.1 Å². The minimum Gasteiger partial charge on any atom is -0.511 e. The third-order valence-electron chi connectivity index (χ3n) is 7.49. The number of fused-ring (bicyclic) bond motifs is 3. The largest absolute Gasteiger partial charge is 0.511 e. The van der Waals surface area contributed by atoms with Crippen LogP contribution in [0.15, 0.2) is 72.8 Å². The van der Waals surface area contributed by atoms with Gasteiger partial charge < -0.3 is 5.11 Å². The first-order valence-corrected chi connectivity index (χ1v) is 14.0. The summed E-state index contributed by atoms with van der Waals surface area (Å²) in [6, 6.07) is 19.6. The van der Waals surface area contributed by atoms with Crippen molar-refractivity contribution >= 4 is 38.2 Å². The van der Waals surface area contributed by atoms with Gasteiger partial charge in [-0.2, -0.15) is 26.3 Å². The van der Waals surface area contributed by atoms with Gasteiger partial charge in [0.2, 0.25) is 0 Å². The summed E-state index contributed by atoms with van der Waals surface area (Å²) in [5.74, 6) is -1.91. The molecule has 1 N–H and O–H groups in total. The molecule has 4 nitrogen and oxygen atoms in total. The Morgan fingerprint density at radius 2 is 1.46 bits per heavy atom. The summed E-state index contributed by atoms with van der Waals surface area (Å²) in [4.78, 5) is 19.5. The van der Waals surface area contributed by atoms with Crippen LogP contribution in [0, 0.1) is 31.2 Å². The number of carbonyl (C=O) groups excluding carboxylic acids is 1. The van der Waals surface area contributed by atoms with Crippen LogP contribution in [0.2, 0.25) is 0 Å². The van der Waals surface area contributed by atoms with Crippen molar-refractivity contribution in [3.63, 3.8) is 0 Å². The quantitative estimate of drug-likeness (QED) is 0.0645. The standard InChI is InChI=1S/C25H16F3N2.C10H15F3O2.Ir/c1-14-7-15(2)9-19(8-14)23-21-12-18-10-16-5-3-4-6-17(16)11-20(18)22(25(26,27)28)24(21)30-13-29-23;1-6(2)7(14)5-8(15)9(3,4)10(11,12)13;/h3-8,10-13H,1-2H3;5-6,15H,1-4H3;/q-1;;/b;8-5-;. The second-order valence-electron chi connectivity index (χ2n) is 11.8. The van der Waals surface area contributed by atoms with Gasteiger partial charge in [-0.3, -0.25) is 9.78 Å². The maximum Gasteiger partial charge on any atom is 0.419 e. The average Bonchev–Trinajstić information content (AvgIpc) is 2.92. The summed E-state index contributed by atoms with van der Waals surface area (Å²) < 4.78 is 80.0. The molecule has 0 bridgehead atoms. The number of benzene rings is 4. The van der Waals surface area contributed by atoms with Crippen molar-refractivity contribution in [2.24, 2.45) is 11.3 Å². The number of aromatic nitrogens is 2. The Hall–Kier alpha value is -3.82. The van der Waals surface area contributed by atoms with Crippen LogP contribution in [-0.4, -0.2) is 27.0 Å². The number of halogens is 6. The SMILES string of the molecule is CC(C)C(=O)/C=C(\O)C(C)(C)C(F)(F)F.Cc1[c-]c(-c2ncnc3c(C(F)(F)F)c4cc5ccccc5cc4cc23)cc(C)c1.[Ir]. The summed E-state index contributed by atoms with van der Waals surface area (Å²) in [5, 5.41) is 11.9. The molecule has 11 heteroatoms. The third kappa shape index (κ3) is 7.58. The van der Waals surface area contributed by atoms with Crippen molar-refractivity contribution in [1.82, 2.24) is 9.97 Å². The van der Waals surface area contributed by atoms with Crippen LogP contribution in [0.1, 0.15) is 44.4 Å². The molecular weight excluding hydrogens is 787 g/mol. The van der Waals surface area contributed by atoms with E-state index in [1.54, 1.807) is 32.0 Å². The molecule has 0 saturated carbocycles. The molecule has 4 aromatic carbocycles. The first kappa shape index (κ1) is 36.6. The number of ketones is 1. The van der Waals surface area contributed by atoms with Crippen LogP contribution in [-0.2, 0) is 31.1 Å². The van der Waals surface area contributed by atoms with Crippen LogP contribution >= 0.6 is 0 Å². The van der Waals surface area contributed by atoms with Gasteiger partial charge in [0.15, 0.2) is 5.78 Å². The number of aryl methyl sites for hydroxylation is 2. The Bertz CT molecular complexity index is 1930. The monoisotopic (exact) mass is 818 g/mol. The normalized spacial score (nSPS) is 12.7. The number of nitrogens with zero attached hydrogens (tertiary/aromatic N) is 2. The minimum atomic E-state index is -4.58. The van der Waals surface area contributed by atoms with Crippen LogP contribution in [0.3, 0.4) is 0 Å². The Morgan fingerprint density at radius 1 is 0.870 bits per heavy atom. The van der Waals surface area contributed by atoms with E-state index in [2.05, 4.69) is 16.0 Å². The van der Waals surface area contributed by atoms with Crippen molar-refractivity contribution in [3.8, 4) is 11.3 Å². The Balaban J connectivity index is 0.000000309. The molecule has 0 aliphatic heterocycles. The van der Waals surface area contributed by atoms with Gasteiger partial charge in [0.25, 0.3) is 0 Å². The molecule has 1 aromatic heterocycles. The van der Waals surface area contributed by atoms with E-state index in [1.165, 1.54) is 6.33 Å². The predicted molar refractivity (Wildman–Crippen MR) is 164 cm³/mol. The van der Waals surface area contributed by atoms with Gasteiger partial charge in [-0.25, -0.2) is 4.98 Å². The molecule has 0 aliphatic rings. The number of aliphatic hydroxyl groups is 1. The number of aliphatic hydroxyl groups excluding tert-OH is 1.